The predicted octanol–water partition coefficient (Wildman–Crippen LogP) is 20.1. The highest BCUT2D eigenvalue weighted by molar-refractivity contribution is 7.81. The van der Waals surface area contributed by atoms with E-state index in [9.17, 15) is 13.2 Å². The van der Waals surface area contributed by atoms with Crippen molar-refractivity contribution in [2.24, 2.45) is 0 Å². The summed E-state index contributed by atoms with van der Waals surface area (Å²) in [6, 6.07) is 31.9. The Balaban J connectivity index is 0.000000132. The summed E-state index contributed by atoms with van der Waals surface area (Å²) >= 11 is 40.4. The number of hydrogen-bond acceptors (Lipinski definition) is 28. The molecule has 0 aliphatic carbocycles. The van der Waals surface area contributed by atoms with Gasteiger partial charge in [-0.05, 0) is 211 Å². The number of nitrogens with one attached hydrogen (secondary N) is 8. The molecule has 12 aromatic rings. The molecular weight excluding hydrogens is 1880 g/mol. The van der Waals surface area contributed by atoms with Crippen LogP contribution in [0.15, 0.2) is 153 Å². The number of aryl methyl sites for hydroxylation is 3. The second-order valence-corrected chi connectivity index (χ2v) is 38.7. The van der Waals surface area contributed by atoms with Crippen LogP contribution in [0.25, 0.3) is 45.0 Å². The molecule has 712 valence electrons. The normalized spacial score (nSPS) is 17.2. The summed E-state index contributed by atoms with van der Waals surface area (Å²) in [5, 5.41) is 27.9. The third-order valence-electron chi connectivity index (χ3n) is 24.6. The number of ether oxygens (including phenoxy) is 2. The van der Waals surface area contributed by atoms with E-state index in [1.165, 1.54) is 18.1 Å². The first-order valence-electron chi connectivity index (χ1n) is 45.5. The Morgan fingerprint density at radius 3 is 1.50 bits per heavy atom. The summed E-state index contributed by atoms with van der Waals surface area (Å²) in [7, 11) is 9.99. The van der Waals surface area contributed by atoms with Crippen LogP contribution in [0, 0.1) is 13.8 Å². The minimum absolute atomic E-state index is 0.267. The van der Waals surface area contributed by atoms with Gasteiger partial charge >= 0.3 is 6.18 Å². The average Bonchev–Trinajstić information content (AvgIpc) is 1.72. The number of likely N-dealkylation sites (N-methyl/N-ethyl adjacent to an activating group) is 2. The third kappa shape index (κ3) is 24.9. The van der Waals surface area contributed by atoms with Crippen molar-refractivity contribution in [3.05, 3.63) is 218 Å². The van der Waals surface area contributed by atoms with Crippen molar-refractivity contribution >= 4 is 184 Å². The number of piperidine rings is 1. The molecule has 4 atom stereocenters. The fourth-order valence-electron chi connectivity index (χ4n) is 17.7. The summed E-state index contributed by atoms with van der Waals surface area (Å²) in [6.45, 7) is 22.6. The van der Waals surface area contributed by atoms with Gasteiger partial charge in [-0.25, -0.2) is 49.8 Å². The number of fused-ring (bicyclic) bond motifs is 12. The quantitative estimate of drug-likeness (QED) is 0.0329. The smallest absolute Gasteiger partial charge is 0.416 e. The van der Waals surface area contributed by atoms with Gasteiger partial charge in [-0.1, -0.05) is 96.7 Å². The Labute approximate surface area is 832 Å². The molecule has 3 saturated heterocycles. The second kappa shape index (κ2) is 44.1. The number of anilines is 14. The number of hydrogen-bond donors (Lipinski definition) is 8. The minimum atomic E-state index is -4.45. The van der Waals surface area contributed by atoms with Crippen molar-refractivity contribution in [3.8, 4) is 50.9 Å². The van der Waals surface area contributed by atoms with Crippen molar-refractivity contribution < 1.29 is 22.6 Å². The molecule has 8 aromatic heterocycles. The average molecular weight is 1990 g/mol. The molecule has 137 heavy (non-hydrogen) atoms. The fraction of sp³-hybridized carbons (Fsp3) is 0.354. The van der Waals surface area contributed by atoms with E-state index in [1.807, 2.05) is 118 Å². The minimum Gasteiger partial charge on any atom is -0.481 e. The summed E-state index contributed by atoms with van der Waals surface area (Å²) in [6.07, 6.45) is 17.8. The number of nitrogens with zero attached hydrogens (tertiary/aromatic N) is 18. The Hall–Kier alpha value is -11.6. The topological polar surface area (TPSA) is 289 Å². The maximum atomic E-state index is 13.3. The first-order chi connectivity index (χ1) is 65.8. The van der Waals surface area contributed by atoms with E-state index in [-0.39, 0.29) is 17.9 Å². The number of aromatic nitrogens is 12. The van der Waals surface area contributed by atoms with Gasteiger partial charge in [-0.15, -0.1) is 0 Å². The summed E-state index contributed by atoms with van der Waals surface area (Å²) in [4.78, 5) is 72.2. The zero-order valence-corrected chi connectivity index (χ0v) is 83.5. The molecule has 0 bridgehead atoms. The molecular formula is C99H108Cl3F3N26O2S4. The maximum Gasteiger partial charge on any atom is 0.416 e. The molecule has 0 radical (unpaired) electrons. The van der Waals surface area contributed by atoms with E-state index in [0.29, 0.717) is 109 Å². The number of alkyl halides is 3. The molecule has 4 aromatic carbocycles. The van der Waals surface area contributed by atoms with E-state index >= 15 is 0 Å². The molecule has 0 spiro atoms. The van der Waals surface area contributed by atoms with E-state index < -0.39 is 11.7 Å². The molecule has 8 N–H and O–H groups in total. The molecule has 0 amide bonds. The SMILES string of the molecule is CCN1CCN(c2cncc(Nc3ncc4c(n3)-c3ccc(Cl)cc3NC(=S)C4)c2)C[C@@H]1C.COc1ncc(Nc2ncc3c(n2)-c2ccc(Cl)cc2NC(=S)C3)cc1CCCN(C)C.Cc1nc(N2CCCC(N(C)C)C2)ccc1Nc1ncc2c(n1)-c1ccc(C(F)(F)F)cc1NC(=S)C2.Cc1ncc(CCN2C[C@@H](C)O[C@H](C)C2)cc1Nc1ncc2c(n1)-c1ccc(Cl)cc1NC(=S)C2. The third-order valence-corrected chi connectivity index (χ3v) is 26.3. The lowest BCUT2D eigenvalue weighted by Crippen LogP contribution is -2.51. The number of piperazine rings is 1. The first-order valence-corrected chi connectivity index (χ1v) is 48.3. The van der Waals surface area contributed by atoms with Crippen molar-refractivity contribution in [2.45, 2.75) is 130 Å². The largest absolute Gasteiger partial charge is 0.481 e. The van der Waals surface area contributed by atoms with Crippen LogP contribution in [-0.2, 0) is 49.4 Å². The van der Waals surface area contributed by atoms with Crippen LogP contribution >= 0.6 is 83.7 Å². The molecule has 1 unspecified atom stereocenters. The molecule has 0 saturated carbocycles. The van der Waals surface area contributed by atoms with Gasteiger partial charge in [0.05, 0.1) is 126 Å². The van der Waals surface area contributed by atoms with E-state index in [2.05, 4.69) is 180 Å². The van der Waals surface area contributed by atoms with Crippen molar-refractivity contribution in [1.82, 2.24) is 79.4 Å². The van der Waals surface area contributed by atoms with E-state index in [0.717, 1.165) is 233 Å². The zero-order chi connectivity index (χ0) is 96.5. The summed E-state index contributed by atoms with van der Waals surface area (Å²) in [5.41, 5.74) is 20.6. The standard InChI is InChI=1S/C26H29ClN6OS.C26H28F3N7S.C24H26ClN7S.C23H25ClN6OS/c1-15-13-33(14-16(2)34-15)7-6-18-8-22(17(3)28-11-18)31-26-29-12-19-9-24(35)30-23-10-20(27)4-5-21(23)25(19)32-26;1-15-20(8-9-22(31-15)36-10-4-5-18(14-36)35(2)3)33-25-30-13-16-11-23(37)32-21-12-17(26(27,28)29)6-7-19(21)24(16)34-25;1-3-31-6-7-32(14-15(31)2)19-10-18(12-26-13-19)28-24-27-11-16-8-22(33)29-21-9-17(25)4-5-20(21)23(16)30-24;1-30(2)8-4-5-14-9-17(13-25-22(14)31-3)27-23-26-12-15-10-20(32)28-19-11-16(24)6-7-18(19)21(15)29-23/h4-5,8,10-12,15-16H,6-7,9,13-14H2,1-3H3,(H,30,35)(H,29,31,32);6-9,12-13,18H,4-5,10-11,14H2,1-3H3,(H,32,37)(H,30,33,34);4-5,9-13,15H,3,6-8,14H2,1-2H3,(H,29,33)(H,27,28,30);6-7,9,11-13H,4-5,8,10H2,1-3H3,(H,28,32)(H,26,27,29)/t15-,16-;;15-;/m1.0./s1. The van der Waals surface area contributed by atoms with Gasteiger partial charge in [0, 0.05) is 209 Å². The maximum absolute atomic E-state index is 13.3. The van der Waals surface area contributed by atoms with Crippen molar-refractivity contribution in [1.29, 1.82) is 0 Å². The van der Waals surface area contributed by atoms with Gasteiger partial charge in [0.1, 0.15) is 5.82 Å². The van der Waals surface area contributed by atoms with Crippen LogP contribution in [0.1, 0.15) is 97.3 Å². The predicted molar refractivity (Wildman–Crippen MR) is 561 cm³/mol. The Bertz CT molecular complexity index is 6500. The highest BCUT2D eigenvalue weighted by Crippen LogP contribution is 2.43. The van der Waals surface area contributed by atoms with Gasteiger partial charge in [0.15, 0.2) is 0 Å². The van der Waals surface area contributed by atoms with Crippen molar-refractivity contribution in [2.75, 3.05) is 153 Å². The second-order valence-electron chi connectivity index (χ2n) is 35.4. The van der Waals surface area contributed by atoms with Crippen LogP contribution in [0.2, 0.25) is 15.1 Å². The van der Waals surface area contributed by atoms with Gasteiger partial charge in [0.25, 0.3) is 0 Å². The monoisotopic (exact) mass is 1980 g/mol. The molecule has 15 heterocycles. The Morgan fingerprint density at radius 1 is 0.511 bits per heavy atom. The number of rotatable bonds is 20. The van der Waals surface area contributed by atoms with Crippen molar-refractivity contribution in [3.63, 3.8) is 0 Å². The number of methoxy groups -OCH3 is 1. The van der Waals surface area contributed by atoms with Crippen LogP contribution in [0.3, 0.4) is 0 Å². The van der Waals surface area contributed by atoms with Crippen LogP contribution < -0.4 is 57.1 Å². The molecule has 19 rings (SSSR count). The Morgan fingerprint density at radius 2 is 1.01 bits per heavy atom. The molecule has 7 aliphatic rings. The fourth-order valence-corrected chi connectivity index (χ4v) is 19.3. The lowest BCUT2D eigenvalue weighted by Gasteiger charge is -2.40. The molecule has 3 fully saturated rings. The highest BCUT2D eigenvalue weighted by Gasteiger charge is 2.34. The van der Waals surface area contributed by atoms with Gasteiger partial charge < -0.3 is 71.6 Å². The number of morpholine rings is 1. The van der Waals surface area contributed by atoms with E-state index in [4.69, 9.17) is 113 Å². The van der Waals surface area contributed by atoms with Crippen LogP contribution in [0.5, 0.6) is 5.88 Å². The molecule has 38 heteroatoms. The lowest BCUT2D eigenvalue weighted by atomic mass is 10.0. The lowest BCUT2D eigenvalue weighted by molar-refractivity contribution is -0.137. The van der Waals surface area contributed by atoms with Crippen LogP contribution in [0.4, 0.5) is 94.0 Å². The first kappa shape index (κ1) is 98.5. The van der Waals surface area contributed by atoms with Gasteiger partial charge in [0.2, 0.25) is 29.7 Å². The summed E-state index contributed by atoms with van der Waals surface area (Å²) in [5.74, 6) is 3.44. The van der Waals surface area contributed by atoms with Gasteiger partial charge in [-0.3, -0.25) is 19.8 Å². The van der Waals surface area contributed by atoms with Crippen LogP contribution in [-0.4, -0.2) is 224 Å². The Kier molecular flexibility index (Phi) is 31.7. The van der Waals surface area contributed by atoms with E-state index in [1.54, 1.807) is 25.7 Å². The zero-order valence-electron chi connectivity index (χ0n) is 77.9. The number of benzene rings is 4. The number of halogens is 6. The number of thiocarbonyl (C=S) groups is 4. The van der Waals surface area contributed by atoms with Gasteiger partial charge in [-0.2, -0.15) is 13.2 Å². The summed E-state index contributed by atoms with van der Waals surface area (Å²) < 4.78 is 51.2. The highest BCUT2D eigenvalue weighted by atomic mass is 35.5. The molecule has 28 nitrogen and oxygen atoms in total. The number of pyridine rings is 4. The molecule has 7 aliphatic heterocycles.